The first kappa shape index (κ1) is 20.2. The first-order chi connectivity index (χ1) is 15.1. The number of hydrogen-bond donors (Lipinski definition) is 1. The second kappa shape index (κ2) is 8.76. The number of rotatable bonds is 5. The Kier molecular flexibility index (Phi) is 5.72. The number of para-hydroxylation sites is 1. The standard InChI is InChI=1S/C24H21N3O4/c1-2-31-24(30)26-14-13-20-19(16-26)23(29)27(15-12-17-8-4-3-5-9-17)22(25-20)18-10-6-7-11-21(18)28/h3-4,6-8,10-11,13-14,28H,2,12,15-16H2,1H3. The SMILES string of the molecule is CCOC(=O)N1C=Cc2nc(-c3ccccc3O)n(CCc3c#cccc3)c(=O)c2C1. The van der Waals surface area contributed by atoms with Crippen molar-refractivity contribution in [1.82, 2.24) is 14.5 Å². The smallest absolute Gasteiger partial charge is 0.414 e. The van der Waals surface area contributed by atoms with Gasteiger partial charge >= 0.3 is 6.09 Å². The minimum Gasteiger partial charge on any atom is -0.507 e. The average molecular weight is 415 g/mol. The van der Waals surface area contributed by atoms with Crippen LogP contribution >= 0.6 is 0 Å². The summed E-state index contributed by atoms with van der Waals surface area (Å²) in [5, 5.41) is 10.4. The number of carbonyl (C=O) groups is 1. The Labute approximate surface area is 179 Å². The molecule has 7 nitrogen and oxygen atoms in total. The van der Waals surface area contributed by atoms with Crippen LogP contribution in [0.15, 0.2) is 53.5 Å². The van der Waals surface area contributed by atoms with Crippen molar-refractivity contribution in [3.05, 3.63) is 88.0 Å². The Balaban J connectivity index is 1.79. The van der Waals surface area contributed by atoms with E-state index in [1.807, 2.05) is 12.1 Å². The summed E-state index contributed by atoms with van der Waals surface area (Å²) < 4.78 is 6.59. The third kappa shape index (κ3) is 4.14. The van der Waals surface area contributed by atoms with Gasteiger partial charge in [-0.05, 0) is 43.7 Å². The fourth-order valence-electron chi connectivity index (χ4n) is 3.45. The summed E-state index contributed by atoms with van der Waals surface area (Å²) in [7, 11) is 0. The van der Waals surface area contributed by atoms with Crippen LogP contribution in [0.4, 0.5) is 4.79 Å². The van der Waals surface area contributed by atoms with Gasteiger partial charge in [0, 0.05) is 18.3 Å². The minimum atomic E-state index is -0.519. The highest BCUT2D eigenvalue weighted by molar-refractivity contribution is 5.72. The van der Waals surface area contributed by atoms with Crippen LogP contribution in [0.3, 0.4) is 0 Å². The third-order valence-corrected chi connectivity index (χ3v) is 5.00. The summed E-state index contributed by atoms with van der Waals surface area (Å²) in [4.78, 5) is 31.6. The Bertz CT molecular complexity index is 1190. The van der Waals surface area contributed by atoms with E-state index in [9.17, 15) is 14.7 Å². The van der Waals surface area contributed by atoms with E-state index in [0.717, 1.165) is 5.56 Å². The zero-order valence-electron chi connectivity index (χ0n) is 17.0. The first-order valence-corrected chi connectivity index (χ1v) is 9.99. The van der Waals surface area contributed by atoms with E-state index in [1.54, 1.807) is 49.5 Å². The normalized spacial score (nSPS) is 12.2. The summed E-state index contributed by atoms with van der Waals surface area (Å²) in [6.45, 7) is 2.38. The molecule has 2 heterocycles. The van der Waals surface area contributed by atoms with E-state index < -0.39 is 6.09 Å². The lowest BCUT2D eigenvalue weighted by Crippen LogP contribution is -2.36. The van der Waals surface area contributed by atoms with Crippen LogP contribution in [0, 0.1) is 12.1 Å². The molecule has 7 heteroatoms. The average Bonchev–Trinajstić information content (AvgIpc) is 2.79. The number of hydrogen-bond acceptors (Lipinski definition) is 5. The molecule has 3 aromatic rings. The van der Waals surface area contributed by atoms with E-state index in [0.29, 0.717) is 35.6 Å². The predicted octanol–water partition coefficient (Wildman–Crippen LogP) is 3.40. The fraction of sp³-hybridized carbons (Fsp3) is 0.208. The third-order valence-electron chi connectivity index (χ3n) is 5.00. The molecule has 156 valence electrons. The van der Waals surface area contributed by atoms with Crippen molar-refractivity contribution in [3.63, 3.8) is 0 Å². The second-order valence-electron chi connectivity index (χ2n) is 6.99. The molecule has 1 aliphatic rings. The van der Waals surface area contributed by atoms with Gasteiger partial charge in [0.05, 0.1) is 30.0 Å². The molecule has 0 bridgehead atoms. The van der Waals surface area contributed by atoms with Crippen molar-refractivity contribution in [2.24, 2.45) is 0 Å². The highest BCUT2D eigenvalue weighted by Crippen LogP contribution is 2.28. The Hall–Kier alpha value is -4.05. The number of aryl methyl sites for hydroxylation is 1. The van der Waals surface area contributed by atoms with Gasteiger partial charge in [0.2, 0.25) is 0 Å². The molecule has 0 unspecified atom stereocenters. The highest BCUT2D eigenvalue weighted by Gasteiger charge is 2.24. The number of fused-ring (bicyclic) bond motifs is 1. The zero-order chi connectivity index (χ0) is 21.8. The summed E-state index contributed by atoms with van der Waals surface area (Å²) in [5.74, 6) is 0.409. The Morgan fingerprint density at radius 3 is 2.84 bits per heavy atom. The number of carbonyl (C=O) groups excluding carboxylic acids is 1. The number of phenols is 1. The predicted molar refractivity (Wildman–Crippen MR) is 115 cm³/mol. The molecule has 4 rings (SSSR count). The topological polar surface area (TPSA) is 84.7 Å². The van der Waals surface area contributed by atoms with Crippen LogP contribution in [0.2, 0.25) is 0 Å². The van der Waals surface area contributed by atoms with Crippen molar-refractivity contribution >= 4 is 12.2 Å². The first-order valence-electron chi connectivity index (χ1n) is 9.99. The van der Waals surface area contributed by atoms with Crippen molar-refractivity contribution in [1.29, 1.82) is 0 Å². The number of benzene rings is 1. The number of nitrogens with zero attached hydrogens (tertiary/aromatic N) is 3. The van der Waals surface area contributed by atoms with Gasteiger partial charge in [-0.2, -0.15) is 0 Å². The summed E-state index contributed by atoms with van der Waals surface area (Å²) >= 11 is 0. The van der Waals surface area contributed by atoms with Gasteiger partial charge in [0.1, 0.15) is 11.6 Å². The van der Waals surface area contributed by atoms with Crippen molar-refractivity contribution in [2.45, 2.75) is 26.4 Å². The van der Waals surface area contributed by atoms with Crippen LogP contribution < -0.4 is 5.56 Å². The lowest BCUT2D eigenvalue weighted by Gasteiger charge is -2.24. The fourth-order valence-corrected chi connectivity index (χ4v) is 3.45. The minimum absolute atomic E-state index is 0.0376. The van der Waals surface area contributed by atoms with E-state index in [4.69, 9.17) is 4.74 Å². The largest absolute Gasteiger partial charge is 0.507 e. The molecule has 0 saturated carbocycles. The monoisotopic (exact) mass is 415 g/mol. The number of phenolic OH excluding ortho intramolecular Hbond substituents is 1. The molecule has 0 spiro atoms. The quantitative estimate of drug-likeness (QED) is 0.690. The summed E-state index contributed by atoms with van der Waals surface area (Å²) in [6, 6.07) is 18.3. The second-order valence-corrected chi connectivity index (χ2v) is 6.99. The van der Waals surface area contributed by atoms with E-state index in [-0.39, 0.29) is 24.5 Å². The molecular weight excluding hydrogens is 394 g/mol. The van der Waals surface area contributed by atoms with Gasteiger partial charge in [-0.15, -0.1) is 0 Å². The Morgan fingerprint density at radius 2 is 2.10 bits per heavy atom. The number of aromatic hydroxyl groups is 1. The molecule has 1 aliphatic heterocycles. The van der Waals surface area contributed by atoms with Gasteiger partial charge < -0.3 is 9.84 Å². The molecule has 0 radical (unpaired) electrons. The molecule has 2 aromatic carbocycles. The molecule has 1 N–H and O–H groups in total. The molecular formula is C24H21N3O4. The lowest BCUT2D eigenvalue weighted by molar-refractivity contribution is 0.120. The van der Waals surface area contributed by atoms with Gasteiger partial charge in [-0.3, -0.25) is 14.3 Å². The van der Waals surface area contributed by atoms with Crippen LogP contribution in [0.5, 0.6) is 5.75 Å². The molecule has 1 aromatic heterocycles. The number of aromatic nitrogens is 2. The molecule has 31 heavy (non-hydrogen) atoms. The van der Waals surface area contributed by atoms with Crippen molar-refractivity contribution < 1.29 is 14.6 Å². The summed E-state index contributed by atoms with van der Waals surface area (Å²) in [5.41, 5.74) is 1.98. The van der Waals surface area contributed by atoms with E-state index in [1.165, 1.54) is 9.47 Å². The molecule has 0 saturated heterocycles. The molecule has 1 amide bonds. The lowest BCUT2D eigenvalue weighted by atomic mass is 10.1. The van der Waals surface area contributed by atoms with Crippen LogP contribution in [0.1, 0.15) is 23.7 Å². The van der Waals surface area contributed by atoms with Crippen LogP contribution in [0.25, 0.3) is 17.5 Å². The zero-order valence-corrected chi connectivity index (χ0v) is 17.0. The highest BCUT2D eigenvalue weighted by atomic mass is 16.6. The summed E-state index contributed by atoms with van der Waals surface area (Å²) in [6.07, 6.45) is 3.19. The van der Waals surface area contributed by atoms with E-state index >= 15 is 0 Å². The Morgan fingerprint density at radius 1 is 1.26 bits per heavy atom. The maximum absolute atomic E-state index is 13.5. The van der Waals surface area contributed by atoms with Crippen molar-refractivity contribution in [2.75, 3.05) is 6.61 Å². The molecule has 0 aliphatic carbocycles. The van der Waals surface area contributed by atoms with Gasteiger partial charge in [0.25, 0.3) is 5.56 Å². The maximum atomic E-state index is 13.5. The van der Waals surface area contributed by atoms with Crippen molar-refractivity contribution in [3.8, 4) is 17.1 Å². The van der Waals surface area contributed by atoms with Gasteiger partial charge in [0.15, 0.2) is 0 Å². The van der Waals surface area contributed by atoms with Gasteiger partial charge in [-0.25, -0.2) is 9.78 Å². The molecule has 0 atom stereocenters. The number of ether oxygens (including phenoxy) is 1. The van der Waals surface area contributed by atoms with E-state index in [2.05, 4.69) is 17.1 Å². The van der Waals surface area contributed by atoms with Crippen LogP contribution in [-0.2, 0) is 24.2 Å². The van der Waals surface area contributed by atoms with Crippen LogP contribution in [-0.4, -0.2) is 32.3 Å². The number of amides is 1. The van der Waals surface area contributed by atoms with Gasteiger partial charge in [-0.1, -0.05) is 30.3 Å². The molecule has 0 fully saturated rings. The maximum Gasteiger partial charge on any atom is 0.414 e.